The van der Waals surface area contributed by atoms with E-state index < -0.39 is 18.5 Å². The molecule has 0 saturated heterocycles. The van der Waals surface area contributed by atoms with Crippen LogP contribution in [0.25, 0.3) is 21.9 Å². The Morgan fingerprint density at radius 1 is 0.812 bits per heavy atom. The lowest BCUT2D eigenvalue weighted by atomic mass is 10.1. The van der Waals surface area contributed by atoms with Gasteiger partial charge in [0.2, 0.25) is 0 Å². The zero-order chi connectivity index (χ0) is 34.1. The zero-order valence-electron chi connectivity index (χ0n) is 28.5. The molecule has 0 saturated carbocycles. The number of fused-ring (bicyclic) bond motifs is 3. The zero-order valence-corrected chi connectivity index (χ0v) is 30.3. The fourth-order valence-corrected chi connectivity index (χ4v) is 9.16. The highest BCUT2D eigenvalue weighted by Gasteiger charge is 2.33. The number of anilines is 1. The van der Waals surface area contributed by atoms with Gasteiger partial charge in [0.25, 0.3) is 0 Å². The first-order valence-electron chi connectivity index (χ1n) is 16.6. The van der Waals surface area contributed by atoms with Gasteiger partial charge in [-0.2, -0.15) is 12.7 Å². The average Bonchev–Trinajstić information content (AvgIpc) is 3.47. The molecule has 0 spiro atoms. The lowest BCUT2D eigenvalue weighted by molar-refractivity contribution is 0.183. The van der Waals surface area contributed by atoms with Crippen molar-refractivity contribution in [2.75, 3.05) is 38.5 Å². The molecular formula is C37H47N3O6SSi. The highest BCUT2D eigenvalue weighted by molar-refractivity contribution is 7.90. The molecular weight excluding hydrogens is 643 g/mol. The summed E-state index contributed by atoms with van der Waals surface area (Å²) in [4.78, 5) is 0. The van der Waals surface area contributed by atoms with Crippen LogP contribution in [0.2, 0.25) is 18.1 Å². The van der Waals surface area contributed by atoms with Gasteiger partial charge in [-0.3, -0.25) is 4.72 Å². The molecule has 1 aromatic heterocycles. The monoisotopic (exact) mass is 689 g/mol. The predicted octanol–water partition coefficient (Wildman–Crippen LogP) is 8.11. The third-order valence-corrected chi connectivity index (χ3v) is 15.0. The largest absolute Gasteiger partial charge is 0.492 e. The molecule has 48 heavy (non-hydrogen) atoms. The fourth-order valence-electron chi connectivity index (χ4n) is 5.72. The number of nitrogens with one attached hydrogen (secondary N) is 2. The summed E-state index contributed by atoms with van der Waals surface area (Å²) in [5.74, 6) is 1.19. The maximum atomic E-state index is 13.0. The van der Waals surface area contributed by atoms with E-state index in [1.807, 2.05) is 84.9 Å². The van der Waals surface area contributed by atoms with Crippen molar-refractivity contribution in [2.24, 2.45) is 0 Å². The summed E-state index contributed by atoms with van der Waals surface area (Å²) in [6.07, 6.45) is -0.297. The van der Waals surface area contributed by atoms with E-state index in [0.717, 1.165) is 61.3 Å². The number of hydrogen-bond donors (Lipinski definition) is 2. The minimum atomic E-state index is -3.79. The number of hydrogen-bond acceptors (Lipinski definition) is 7. The van der Waals surface area contributed by atoms with Gasteiger partial charge in [-0.1, -0.05) is 75.4 Å². The fraction of sp³-hybridized carbons (Fsp3) is 0.351. The minimum Gasteiger partial charge on any atom is -0.492 e. The third-order valence-electron chi connectivity index (χ3n) is 8.89. The average molecular weight is 690 g/mol. The molecule has 5 aromatic rings. The molecule has 0 bridgehead atoms. The Morgan fingerprint density at radius 3 is 2.25 bits per heavy atom. The Hall–Kier alpha value is -3.87. The minimum absolute atomic E-state index is 0.297. The van der Waals surface area contributed by atoms with Crippen LogP contribution in [0.15, 0.2) is 95.4 Å². The van der Waals surface area contributed by atoms with Gasteiger partial charge in [-0.15, -0.1) is 0 Å². The lowest BCUT2D eigenvalue weighted by Gasteiger charge is -2.34. The van der Waals surface area contributed by atoms with E-state index in [9.17, 15) is 8.42 Å². The molecule has 0 aliphatic carbocycles. The summed E-state index contributed by atoms with van der Waals surface area (Å²) in [7, 11) is -2.84. The topological polar surface area (TPSA) is 102 Å². The van der Waals surface area contributed by atoms with Crippen LogP contribution in [0.3, 0.4) is 0 Å². The molecule has 9 nitrogen and oxygen atoms in total. The first-order chi connectivity index (χ1) is 23.2. The smallest absolute Gasteiger partial charge is 0.301 e. The Bertz CT molecular complexity index is 1890. The Kier molecular flexibility index (Phi) is 11.8. The summed E-state index contributed by atoms with van der Waals surface area (Å²) < 4.78 is 55.0. The molecule has 5 rings (SSSR count). The van der Waals surface area contributed by atoms with Crippen molar-refractivity contribution in [1.82, 2.24) is 9.62 Å². The molecule has 0 amide bonds. The number of ether oxygens (including phenoxy) is 2. The van der Waals surface area contributed by atoms with Gasteiger partial charge in [0, 0.05) is 44.0 Å². The molecule has 1 heterocycles. The second-order valence-electron chi connectivity index (χ2n) is 12.1. The molecule has 4 aromatic carbocycles. The first kappa shape index (κ1) is 35.4. The first-order valence-corrected chi connectivity index (χ1v) is 20.6. The van der Waals surface area contributed by atoms with E-state index >= 15 is 0 Å². The molecule has 11 heteroatoms. The maximum absolute atomic E-state index is 13.0. The molecule has 256 valence electrons. The number of benzene rings is 4. The van der Waals surface area contributed by atoms with Crippen LogP contribution in [-0.2, 0) is 21.2 Å². The van der Waals surface area contributed by atoms with Gasteiger partial charge in [-0.05, 0) is 59.6 Å². The lowest BCUT2D eigenvalue weighted by Crippen LogP contribution is -2.40. The summed E-state index contributed by atoms with van der Waals surface area (Å²) in [5.41, 5.74) is 3.88. The van der Waals surface area contributed by atoms with E-state index in [1.54, 1.807) is 0 Å². The van der Waals surface area contributed by atoms with Crippen molar-refractivity contribution in [3.8, 4) is 11.5 Å². The molecule has 0 aliphatic heterocycles. The van der Waals surface area contributed by atoms with Gasteiger partial charge in [0.05, 0.1) is 11.8 Å². The van der Waals surface area contributed by atoms with Gasteiger partial charge in [0.1, 0.15) is 35.9 Å². The highest BCUT2D eigenvalue weighted by atomic mass is 32.2. The van der Waals surface area contributed by atoms with Crippen LogP contribution in [0.1, 0.15) is 38.0 Å². The summed E-state index contributed by atoms with van der Waals surface area (Å²) in [5, 5.41) is 5.68. The third kappa shape index (κ3) is 8.58. The highest BCUT2D eigenvalue weighted by Crippen LogP contribution is 2.35. The van der Waals surface area contributed by atoms with Gasteiger partial charge in [0.15, 0.2) is 8.32 Å². The Morgan fingerprint density at radius 2 is 1.52 bits per heavy atom. The molecule has 0 aliphatic rings. The van der Waals surface area contributed by atoms with Crippen LogP contribution >= 0.6 is 0 Å². The van der Waals surface area contributed by atoms with E-state index in [2.05, 4.69) is 36.9 Å². The molecule has 0 radical (unpaired) electrons. The second kappa shape index (κ2) is 16.0. The standard InChI is InChI=1S/C37H47N3O6SSi/c1-6-48(7-2,8-3)46-37(26-38-22-23-43-30-19-20-32-31-16-12-13-17-34(31)45-36(32)25-30)29-18-21-35(44-27-28-14-10-9-11-15-28)33(24-29)39-47(41,42)40(4)5/h9-21,24-25,37-39H,6-8,22-23,26-27H2,1-5H3. The van der Waals surface area contributed by atoms with Gasteiger partial charge in [-0.25, -0.2) is 0 Å². The number of furan rings is 1. The van der Waals surface area contributed by atoms with Crippen LogP contribution < -0.4 is 19.5 Å². The number of rotatable bonds is 18. The van der Waals surface area contributed by atoms with Crippen LogP contribution in [0, 0.1) is 0 Å². The molecule has 0 fully saturated rings. The van der Waals surface area contributed by atoms with Gasteiger partial charge >= 0.3 is 10.2 Å². The Balaban J connectivity index is 1.32. The van der Waals surface area contributed by atoms with Crippen molar-refractivity contribution in [2.45, 2.75) is 51.6 Å². The van der Waals surface area contributed by atoms with Crippen molar-refractivity contribution in [3.05, 3.63) is 102 Å². The van der Waals surface area contributed by atoms with Gasteiger partial charge < -0.3 is 23.6 Å². The normalized spacial score (nSPS) is 12.9. The number of para-hydroxylation sites is 1. The van der Waals surface area contributed by atoms with Crippen LogP contribution in [-0.4, -0.2) is 54.8 Å². The van der Waals surface area contributed by atoms with Crippen molar-refractivity contribution in [1.29, 1.82) is 0 Å². The molecule has 1 unspecified atom stereocenters. The Labute approximate surface area is 285 Å². The maximum Gasteiger partial charge on any atom is 0.301 e. The molecule has 1 atom stereocenters. The summed E-state index contributed by atoms with van der Waals surface area (Å²) in [6, 6.07) is 32.3. The van der Waals surface area contributed by atoms with Crippen molar-refractivity contribution < 1.29 is 26.7 Å². The van der Waals surface area contributed by atoms with E-state index in [0.29, 0.717) is 37.7 Å². The van der Waals surface area contributed by atoms with E-state index in [4.69, 9.17) is 18.3 Å². The summed E-state index contributed by atoms with van der Waals surface area (Å²) in [6.45, 7) is 8.49. The second-order valence-corrected chi connectivity index (χ2v) is 18.7. The SMILES string of the molecule is CC[Si](CC)(CC)OC(CNCCOc1ccc2c(c1)oc1ccccc12)c1ccc(OCc2ccccc2)c(NS(=O)(=O)N(C)C)c1. The van der Waals surface area contributed by atoms with E-state index in [1.165, 1.54) is 14.1 Å². The van der Waals surface area contributed by atoms with Crippen LogP contribution in [0.4, 0.5) is 5.69 Å². The molecule has 2 N–H and O–H groups in total. The number of nitrogens with zero attached hydrogens (tertiary/aromatic N) is 1. The van der Waals surface area contributed by atoms with Crippen LogP contribution in [0.5, 0.6) is 11.5 Å². The summed E-state index contributed by atoms with van der Waals surface area (Å²) >= 11 is 0. The van der Waals surface area contributed by atoms with E-state index in [-0.39, 0.29) is 6.10 Å². The quantitative estimate of drug-likeness (QED) is 0.0708. The predicted molar refractivity (Wildman–Crippen MR) is 197 cm³/mol. The van der Waals surface area contributed by atoms with Crippen molar-refractivity contribution >= 4 is 46.2 Å². The van der Waals surface area contributed by atoms with Crippen molar-refractivity contribution in [3.63, 3.8) is 0 Å².